The van der Waals surface area contributed by atoms with Gasteiger partial charge in [0.15, 0.2) is 0 Å². The molecule has 1 amide bonds. The third-order valence-electron chi connectivity index (χ3n) is 3.69. The predicted molar refractivity (Wildman–Crippen MR) is 90.7 cm³/mol. The Kier molecular flexibility index (Phi) is 5.20. The number of carbonyl (C=O) groups is 1. The van der Waals surface area contributed by atoms with Gasteiger partial charge in [0, 0.05) is 34.5 Å². The second kappa shape index (κ2) is 7.53. The van der Waals surface area contributed by atoms with Gasteiger partial charge in [-0.15, -0.1) is 11.3 Å². The van der Waals surface area contributed by atoms with E-state index in [-0.39, 0.29) is 17.8 Å². The first-order valence-corrected chi connectivity index (χ1v) is 8.46. The molecule has 5 heteroatoms. The Morgan fingerprint density at radius 3 is 3.00 bits per heavy atom. The summed E-state index contributed by atoms with van der Waals surface area (Å²) >= 11 is 1.45. The van der Waals surface area contributed by atoms with Crippen molar-refractivity contribution in [2.75, 3.05) is 13.2 Å². The zero-order chi connectivity index (χ0) is 16.1. The number of carbonyl (C=O) groups excluding carboxylic acids is 1. The van der Waals surface area contributed by atoms with Crippen LogP contribution in [0.4, 0.5) is 4.39 Å². The molecule has 1 saturated heterocycles. The molecule has 120 valence electrons. The lowest BCUT2D eigenvalue weighted by Gasteiger charge is -2.08. The van der Waals surface area contributed by atoms with Gasteiger partial charge in [0.1, 0.15) is 5.82 Å². The van der Waals surface area contributed by atoms with E-state index < -0.39 is 0 Å². The number of hydrogen-bond acceptors (Lipinski definition) is 3. The van der Waals surface area contributed by atoms with Crippen molar-refractivity contribution in [3.8, 4) is 10.4 Å². The monoisotopic (exact) mass is 331 g/mol. The van der Waals surface area contributed by atoms with Crippen molar-refractivity contribution in [3.05, 3.63) is 53.2 Å². The molecule has 2 aromatic rings. The lowest BCUT2D eigenvalue weighted by atomic mass is 10.2. The maximum Gasteiger partial charge on any atom is 0.244 e. The zero-order valence-electron chi connectivity index (χ0n) is 12.6. The molecule has 1 fully saturated rings. The van der Waals surface area contributed by atoms with Crippen LogP contribution >= 0.6 is 11.3 Å². The van der Waals surface area contributed by atoms with E-state index in [1.807, 2.05) is 18.2 Å². The summed E-state index contributed by atoms with van der Waals surface area (Å²) in [7, 11) is 0. The zero-order valence-corrected chi connectivity index (χ0v) is 13.4. The SMILES string of the molecule is O=C(/C=C/c1ccc(-c2ccccc2F)s1)NCC1CCCO1. The fourth-order valence-electron chi connectivity index (χ4n) is 2.48. The largest absolute Gasteiger partial charge is 0.376 e. The van der Waals surface area contributed by atoms with Crippen molar-refractivity contribution in [3.63, 3.8) is 0 Å². The quantitative estimate of drug-likeness (QED) is 0.845. The number of thiophene rings is 1. The van der Waals surface area contributed by atoms with Crippen molar-refractivity contribution >= 4 is 23.3 Å². The molecule has 0 bridgehead atoms. The first-order chi connectivity index (χ1) is 11.2. The van der Waals surface area contributed by atoms with Gasteiger partial charge in [0.05, 0.1) is 6.10 Å². The maximum absolute atomic E-state index is 13.8. The highest BCUT2D eigenvalue weighted by Gasteiger charge is 2.15. The number of rotatable bonds is 5. The molecule has 1 N–H and O–H groups in total. The Morgan fingerprint density at radius 1 is 1.35 bits per heavy atom. The second-order valence-corrected chi connectivity index (χ2v) is 6.51. The summed E-state index contributed by atoms with van der Waals surface area (Å²) in [5, 5.41) is 2.84. The summed E-state index contributed by atoms with van der Waals surface area (Å²) < 4.78 is 19.2. The van der Waals surface area contributed by atoms with E-state index in [4.69, 9.17) is 4.74 Å². The van der Waals surface area contributed by atoms with Crippen LogP contribution in [0.2, 0.25) is 0 Å². The minimum atomic E-state index is -0.237. The van der Waals surface area contributed by atoms with Crippen LogP contribution in [0.5, 0.6) is 0 Å². The summed E-state index contributed by atoms with van der Waals surface area (Å²) in [4.78, 5) is 13.6. The lowest BCUT2D eigenvalue weighted by molar-refractivity contribution is -0.116. The number of halogens is 1. The molecule has 3 nitrogen and oxygen atoms in total. The van der Waals surface area contributed by atoms with E-state index in [1.54, 1.807) is 18.2 Å². The Labute approximate surface area is 138 Å². The van der Waals surface area contributed by atoms with Crippen molar-refractivity contribution in [1.29, 1.82) is 0 Å². The molecule has 1 aromatic carbocycles. The van der Waals surface area contributed by atoms with E-state index >= 15 is 0 Å². The molecule has 23 heavy (non-hydrogen) atoms. The van der Waals surface area contributed by atoms with Gasteiger partial charge in [0.25, 0.3) is 0 Å². The topological polar surface area (TPSA) is 38.3 Å². The van der Waals surface area contributed by atoms with E-state index in [0.717, 1.165) is 29.2 Å². The number of benzene rings is 1. The summed E-state index contributed by atoms with van der Waals surface area (Å²) in [6, 6.07) is 10.4. The predicted octanol–water partition coefficient (Wildman–Crippen LogP) is 3.86. The van der Waals surface area contributed by atoms with Crippen molar-refractivity contribution in [1.82, 2.24) is 5.32 Å². The molecule has 0 spiro atoms. The highest BCUT2D eigenvalue weighted by atomic mass is 32.1. The van der Waals surface area contributed by atoms with Crippen molar-refractivity contribution < 1.29 is 13.9 Å². The van der Waals surface area contributed by atoms with Gasteiger partial charge in [-0.3, -0.25) is 4.79 Å². The van der Waals surface area contributed by atoms with Crippen molar-refractivity contribution in [2.24, 2.45) is 0 Å². The second-order valence-electron chi connectivity index (χ2n) is 5.40. The molecule has 0 radical (unpaired) electrons. The standard InChI is InChI=1S/C18H18FNO2S/c19-16-6-2-1-5-15(16)17-9-7-14(23-17)8-10-18(21)20-12-13-4-3-11-22-13/h1-2,5-10,13H,3-4,11-12H2,(H,20,21)/b10-8+. The fourth-order valence-corrected chi connectivity index (χ4v) is 3.42. The molecular weight excluding hydrogens is 313 g/mol. The smallest absolute Gasteiger partial charge is 0.244 e. The van der Waals surface area contributed by atoms with Crippen LogP contribution < -0.4 is 5.32 Å². The Bertz CT molecular complexity index is 705. The van der Waals surface area contributed by atoms with Crippen LogP contribution in [0.15, 0.2) is 42.5 Å². The number of ether oxygens (including phenoxy) is 1. The van der Waals surface area contributed by atoms with Crippen molar-refractivity contribution in [2.45, 2.75) is 18.9 Å². The van der Waals surface area contributed by atoms with E-state index in [0.29, 0.717) is 12.1 Å². The molecule has 1 aliphatic heterocycles. The Morgan fingerprint density at radius 2 is 2.22 bits per heavy atom. The summed E-state index contributed by atoms with van der Waals surface area (Å²) in [5.74, 6) is -0.375. The number of amides is 1. The Hall–Kier alpha value is -1.98. The van der Waals surface area contributed by atoms with Crippen LogP contribution in [-0.2, 0) is 9.53 Å². The van der Waals surface area contributed by atoms with Gasteiger partial charge < -0.3 is 10.1 Å². The number of nitrogens with one attached hydrogen (secondary N) is 1. The first kappa shape index (κ1) is 15.9. The summed E-state index contributed by atoms with van der Waals surface area (Å²) in [6.07, 6.45) is 5.46. The highest BCUT2D eigenvalue weighted by molar-refractivity contribution is 7.16. The van der Waals surface area contributed by atoms with E-state index in [9.17, 15) is 9.18 Å². The molecule has 0 aliphatic carbocycles. The average molecular weight is 331 g/mol. The van der Waals surface area contributed by atoms with Crippen LogP contribution in [0, 0.1) is 5.82 Å². The van der Waals surface area contributed by atoms with Gasteiger partial charge in [-0.1, -0.05) is 18.2 Å². The third kappa shape index (κ3) is 4.27. The molecule has 3 rings (SSSR count). The fraction of sp³-hybridized carbons (Fsp3) is 0.278. The van der Waals surface area contributed by atoms with Gasteiger partial charge in [-0.25, -0.2) is 4.39 Å². The molecule has 2 heterocycles. The molecule has 0 saturated carbocycles. The summed E-state index contributed by atoms with van der Waals surface area (Å²) in [5.41, 5.74) is 0.583. The van der Waals surface area contributed by atoms with Crippen LogP contribution in [-0.4, -0.2) is 25.2 Å². The van der Waals surface area contributed by atoms with Crippen LogP contribution in [0.1, 0.15) is 17.7 Å². The van der Waals surface area contributed by atoms with Gasteiger partial charge in [-0.05, 0) is 37.1 Å². The van der Waals surface area contributed by atoms with Crippen LogP contribution in [0.3, 0.4) is 0 Å². The number of hydrogen-bond donors (Lipinski definition) is 1. The lowest BCUT2D eigenvalue weighted by Crippen LogP contribution is -2.30. The van der Waals surface area contributed by atoms with Gasteiger partial charge in [-0.2, -0.15) is 0 Å². The van der Waals surface area contributed by atoms with E-state index in [1.165, 1.54) is 23.5 Å². The normalized spacial score (nSPS) is 17.7. The van der Waals surface area contributed by atoms with Crippen LogP contribution in [0.25, 0.3) is 16.5 Å². The molecule has 1 unspecified atom stereocenters. The highest BCUT2D eigenvalue weighted by Crippen LogP contribution is 2.30. The minimum Gasteiger partial charge on any atom is -0.376 e. The average Bonchev–Trinajstić information content (AvgIpc) is 3.23. The van der Waals surface area contributed by atoms with Gasteiger partial charge in [0.2, 0.25) is 5.91 Å². The Balaban J connectivity index is 1.57. The first-order valence-electron chi connectivity index (χ1n) is 7.64. The summed E-state index contributed by atoms with van der Waals surface area (Å²) in [6.45, 7) is 1.33. The molecular formula is C18H18FNO2S. The molecule has 1 aliphatic rings. The molecule has 1 atom stereocenters. The van der Waals surface area contributed by atoms with Gasteiger partial charge >= 0.3 is 0 Å². The minimum absolute atomic E-state index is 0.138. The molecule has 1 aromatic heterocycles. The third-order valence-corrected chi connectivity index (χ3v) is 4.78. The van der Waals surface area contributed by atoms with E-state index in [2.05, 4.69) is 5.32 Å². The maximum atomic E-state index is 13.8.